The summed E-state index contributed by atoms with van der Waals surface area (Å²) < 4.78 is 0. The fraction of sp³-hybridized carbons (Fsp3) is 0.778. The molecule has 0 spiro atoms. The van der Waals surface area contributed by atoms with Crippen LogP contribution in [0.5, 0.6) is 0 Å². The standard InChI is InChI=1S/C18H28O2/c1-13-7-9-17(11-19,15(13,3)4)18(12-20)10-8-14(2)16(18,5)6/h7,11-12,14H,8-10H2,1-6H3. The third-order valence-corrected chi connectivity index (χ3v) is 7.38. The molecule has 1 fully saturated rings. The first-order valence-corrected chi connectivity index (χ1v) is 7.73. The normalized spacial score (nSPS) is 42.3. The van der Waals surface area contributed by atoms with Gasteiger partial charge in [-0.1, -0.05) is 46.3 Å². The van der Waals surface area contributed by atoms with Gasteiger partial charge in [-0.15, -0.1) is 0 Å². The Balaban J connectivity index is 2.68. The van der Waals surface area contributed by atoms with Crippen LogP contribution in [0.25, 0.3) is 0 Å². The maximum Gasteiger partial charge on any atom is 0.128 e. The van der Waals surface area contributed by atoms with E-state index in [9.17, 15) is 9.59 Å². The highest BCUT2D eigenvalue weighted by molar-refractivity contribution is 5.77. The SMILES string of the molecule is CC1=CCC(C=O)(C2(C=O)CCC(C)C2(C)C)C1(C)C. The number of hydrogen-bond donors (Lipinski definition) is 0. The Kier molecular flexibility index (Phi) is 3.31. The van der Waals surface area contributed by atoms with Crippen LogP contribution in [-0.2, 0) is 9.59 Å². The number of aldehydes is 2. The van der Waals surface area contributed by atoms with Crippen LogP contribution >= 0.6 is 0 Å². The zero-order chi connectivity index (χ0) is 15.4. The van der Waals surface area contributed by atoms with E-state index < -0.39 is 10.8 Å². The quantitative estimate of drug-likeness (QED) is 0.572. The lowest BCUT2D eigenvalue weighted by atomic mass is 9.45. The number of carbonyl (C=O) groups is 2. The minimum absolute atomic E-state index is 0.147. The summed E-state index contributed by atoms with van der Waals surface area (Å²) in [5.74, 6) is 0.459. The van der Waals surface area contributed by atoms with Crippen molar-refractivity contribution < 1.29 is 9.59 Å². The lowest BCUT2D eigenvalue weighted by Crippen LogP contribution is -2.57. The van der Waals surface area contributed by atoms with Gasteiger partial charge in [-0.3, -0.25) is 0 Å². The molecule has 0 aromatic rings. The Labute approximate surface area is 123 Å². The monoisotopic (exact) mass is 276 g/mol. The largest absolute Gasteiger partial charge is 0.303 e. The van der Waals surface area contributed by atoms with E-state index >= 15 is 0 Å². The molecule has 112 valence electrons. The van der Waals surface area contributed by atoms with Crippen LogP contribution in [0.15, 0.2) is 11.6 Å². The Bertz CT molecular complexity index is 464. The van der Waals surface area contributed by atoms with E-state index in [2.05, 4.69) is 47.6 Å². The lowest BCUT2D eigenvalue weighted by molar-refractivity contribution is -0.155. The molecule has 2 nitrogen and oxygen atoms in total. The molecule has 2 heteroatoms. The van der Waals surface area contributed by atoms with Crippen LogP contribution in [0, 0.1) is 27.6 Å². The molecule has 2 aliphatic carbocycles. The topological polar surface area (TPSA) is 34.1 Å². The van der Waals surface area contributed by atoms with E-state index in [4.69, 9.17) is 0 Å². The molecule has 0 radical (unpaired) electrons. The molecule has 0 heterocycles. The molecule has 0 N–H and O–H groups in total. The molecule has 0 amide bonds. The average molecular weight is 276 g/mol. The number of hydrogen-bond acceptors (Lipinski definition) is 2. The van der Waals surface area contributed by atoms with Crippen molar-refractivity contribution in [1.29, 1.82) is 0 Å². The second-order valence-corrected chi connectivity index (χ2v) is 8.06. The molecule has 0 aromatic heterocycles. The molecular formula is C18H28O2. The van der Waals surface area contributed by atoms with Gasteiger partial charge in [0.2, 0.25) is 0 Å². The molecule has 0 bridgehead atoms. The molecule has 0 aliphatic heterocycles. The van der Waals surface area contributed by atoms with Crippen molar-refractivity contribution >= 4 is 12.6 Å². The first-order chi connectivity index (χ1) is 9.13. The van der Waals surface area contributed by atoms with Gasteiger partial charge in [0.1, 0.15) is 12.6 Å². The molecule has 1 saturated carbocycles. The molecule has 2 rings (SSSR count). The summed E-state index contributed by atoms with van der Waals surface area (Å²) in [6.45, 7) is 12.9. The second-order valence-electron chi connectivity index (χ2n) is 8.06. The van der Waals surface area contributed by atoms with E-state index in [1.807, 2.05) is 0 Å². The molecular weight excluding hydrogens is 248 g/mol. The number of rotatable bonds is 3. The third-order valence-electron chi connectivity index (χ3n) is 7.38. The van der Waals surface area contributed by atoms with Crippen molar-refractivity contribution in [2.24, 2.45) is 27.6 Å². The maximum absolute atomic E-state index is 12.3. The molecule has 0 aromatic carbocycles. The van der Waals surface area contributed by atoms with Crippen LogP contribution in [0.3, 0.4) is 0 Å². The van der Waals surface area contributed by atoms with Crippen molar-refractivity contribution in [2.75, 3.05) is 0 Å². The zero-order valence-corrected chi connectivity index (χ0v) is 13.7. The summed E-state index contributed by atoms with van der Waals surface area (Å²) >= 11 is 0. The zero-order valence-electron chi connectivity index (χ0n) is 13.7. The van der Waals surface area contributed by atoms with E-state index in [0.29, 0.717) is 12.3 Å². The van der Waals surface area contributed by atoms with E-state index in [0.717, 1.165) is 25.4 Å². The predicted octanol–water partition coefficient (Wildman–Crippen LogP) is 4.19. The summed E-state index contributed by atoms with van der Waals surface area (Å²) in [6.07, 6.45) is 6.95. The average Bonchev–Trinajstić information content (AvgIpc) is 2.76. The van der Waals surface area contributed by atoms with Crippen LogP contribution in [0.2, 0.25) is 0 Å². The lowest BCUT2D eigenvalue weighted by Gasteiger charge is -2.55. The summed E-state index contributed by atoms with van der Waals surface area (Å²) in [6, 6.07) is 0. The predicted molar refractivity (Wildman–Crippen MR) is 81.3 cm³/mol. The minimum atomic E-state index is -0.597. The van der Waals surface area contributed by atoms with Crippen molar-refractivity contribution in [3.63, 3.8) is 0 Å². The summed E-state index contributed by atoms with van der Waals surface area (Å²) in [5, 5.41) is 0. The highest BCUT2D eigenvalue weighted by Gasteiger charge is 2.69. The van der Waals surface area contributed by atoms with Gasteiger partial charge in [-0.2, -0.15) is 0 Å². The Morgan fingerprint density at radius 1 is 1.10 bits per heavy atom. The van der Waals surface area contributed by atoms with Gasteiger partial charge in [0, 0.05) is 5.41 Å². The van der Waals surface area contributed by atoms with Crippen LogP contribution in [0.1, 0.15) is 60.8 Å². The van der Waals surface area contributed by atoms with Gasteiger partial charge < -0.3 is 9.59 Å². The van der Waals surface area contributed by atoms with Crippen LogP contribution in [0.4, 0.5) is 0 Å². The van der Waals surface area contributed by atoms with E-state index in [1.54, 1.807) is 0 Å². The molecule has 3 atom stereocenters. The van der Waals surface area contributed by atoms with E-state index in [-0.39, 0.29) is 10.8 Å². The number of carbonyl (C=O) groups excluding carboxylic acids is 2. The summed E-state index contributed by atoms with van der Waals surface area (Å²) in [4.78, 5) is 24.5. The fourth-order valence-corrected chi connectivity index (χ4v) is 4.90. The first kappa shape index (κ1) is 15.5. The van der Waals surface area contributed by atoms with Gasteiger partial charge in [-0.25, -0.2) is 0 Å². The van der Waals surface area contributed by atoms with Crippen LogP contribution in [-0.4, -0.2) is 12.6 Å². The van der Waals surface area contributed by atoms with Crippen molar-refractivity contribution in [3.05, 3.63) is 11.6 Å². The summed E-state index contributed by atoms with van der Waals surface area (Å²) in [5.41, 5.74) is -0.317. The van der Waals surface area contributed by atoms with Crippen LogP contribution < -0.4 is 0 Å². The Morgan fingerprint density at radius 2 is 1.65 bits per heavy atom. The highest BCUT2D eigenvalue weighted by Crippen LogP contribution is 2.70. The Hall–Kier alpha value is -0.920. The third kappa shape index (κ3) is 1.40. The van der Waals surface area contributed by atoms with E-state index in [1.165, 1.54) is 5.57 Å². The summed E-state index contributed by atoms with van der Waals surface area (Å²) in [7, 11) is 0. The van der Waals surface area contributed by atoms with Gasteiger partial charge in [0.05, 0.1) is 5.41 Å². The van der Waals surface area contributed by atoms with Gasteiger partial charge in [0.25, 0.3) is 0 Å². The Morgan fingerprint density at radius 3 is 1.95 bits per heavy atom. The van der Waals surface area contributed by atoms with Gasteiger partial charge in [-0.05, 0) is 42.9 Å². The molecule has 3 unspecified atom stereocenters. The smallest absolute Gasteiger partial charge is 0.128 e. The fourth-order valence-electron chi connectivity index (χ4n) is 4.90. The van der Waals surface area contributed by atoms with Gasteiger partial charge in [0.15, 0.2) is 0 Å². The van der Waals surface area contributed by atoms with Crippen molar-refractivity contribution in [3.8, 4) is 0 Å². The van der Waals surface area contributed by atoms with Gasteiger partial charge >= 0.3 is 0 Å². The first-order valence-electron chi connectivity index (χ1n) is 7.73. The van der Waals surface area contributed by atoms with Crippen molar-refractivity contribution in [1.82, 2.24) is 0 Å². The van der Waals surface area contributed by atoms with Crippen molar-refractivity contribution in [2.45, 2.75) is 60.8 Å². The number of allylic oxidation sites excluding steroid dienone is 2. The molecule has 20 heavy (non-hydrogen) atoms. The molecule has 2 aliphatic rings. The second kappa shape index (κ2) is 4.29. The minimum Gasteiger partial charge on any atom is -0.303 e. The highest BCUT2D eigenvalue weighted by atomic mass is 16.1. The molecule has 0 saturated heterocycles. The maximum atomic E-state index is 12.3.